The minimum Gasteiger partial charge on any atom is -0.481 e. The first-order valence-electron chi connectivity index (χ1n) is 4.93. The maximum atomic E-state index is 11.7. The Morgan fingerprint density at radius 1 is 1.41 bits per heavy atom. The van der Waals surface area contributed by atoms with E-state index in [0.29, 0.717) is 11.4 Å². The van der Waals surface area contributed by atoms with E-state index in [-0.39, 0.29) is 18.7 Å². The van der Waals surface area contributed by atoms with Crippen LogP contribution in [0.25, 0.3) is 0 Å². The van der Waals surface area contributed by atoms with E-state index in [9.17, 15) is 9.59 Å². The van der Waals surface area contributed by atoms with Gasteiger partial charge in [0.25, 0.3) is 5.91 Å². The number of hydrazone groups is 1. The van der Waals surface area contributed by atoms with E-state index in [1.807, 2.05) is 0 Å². The number of hydrogen-bond acceptors (Lipinski definition) is 3. The first-order valence-corrected chi connectivity index (χ1v) is 5.72. The zero-order chi connectivity index (χ0) is 12.4. The number of benzene rings is 1. The molecule has 17 heavy (non-hydrogen) atoms. The van der Waals surface area contributed by atoms with E-state index >= 15 is 0 Å². The molecule has 0 radical (unpaired) electrons. The van der Waals surface area contributed by atoms with Crippen molar-refractivity contribution in [3.8, 4) is 0 Å². The lowest BCUT2D eigenvalue weighted by atomic mass is 10.2. The first kappa shape index (κ1) is 11.8. The van der Waals surface area contributed by atoms with Crippen LogP contribution in [0.15, 0.2) is 33.8 Å². The quantitative estimate of drug-likeness (QED) is 0.928. The molecule has 88 valence electrons. The van der Waals surface area contributed by atoms with Crippen molar-refractivity contribution in [3.05, 3.63) is 28.7 Å². The SMILES string of the molecule is O=C(O)CC1=NN(c2ccc(Br)cc2)C(=O)C1. The number of hydrogen-bond donors (Lipinski definition) is 1. The third kappa shape index (κ3) is 2.71. The Morgan fingerprint density at radius 2 is 2.06 bits per heavy atom. The van der Waals surface area contributed by atoms with Crippen LogP contribution in [0, 0.1) is 0 Å². The standard InChI is InChI=1S/C11H9BrN2O3/c12-7-1-3-9(4-2-7)14-10(15)5-8(13-14)6-11(16)17/h1-4H,5-6H2,(H,16,17). The molecule has 1 aliphatic heterocycles. The molecule has 2 rings (SSSR count). The van der Waals surface area contributed by atoms with Crippen molar-refractivity contribution in [2.24, 2.45) is 5.10 Å². The van der Waals surface area contributed by atoms with Crippen LogP contribution in [0.5, 0.6) is 0 Å². The van der Waals surface area contributed by atoms with Crippen molar-refractivity contribution in [1.82, 2.24) is 0 Å². The molecule has 0 aromatic heterocycles. The Morgan fingerprint density at radius 3 is 2.65 bits per heavy atom. The molecule has 0 atom stereocenters. The molecule has 1 amide bonds. The van der Waals surface area contributed by atoms with Gasteiger partial charge >= 0.3 is 5.97 Å². The highest BCUT2D eigenvalue weighted by molar-refractivity contribution is 9.10. The molecule has 1 heterocycles. The number of anilines is 1. The summed E-state index contributed by atoms with van der Waals surface area (Å²) in [5.41, 5.74) is 1.02. The monoisotopic (exact) mass is 296 g/mol. The highest BCUT2D eigenvalue weighted by Crippen LogP contribution is 2.23. The normalized spacial score (nSPS) is 15.0. The summed E-state index contributed by atoms with van der Waals surface area (Å²) in [4.78, 5) is 22.2. The summed E-state index contributed by atoms with van der Waals surface area (Å²) in [6.07, 6.45) is -0.124. The van der Waals surface area contributed by atoms with Gasteiger partial charge in [0.15, 0.2) is 0 Å². The number of carboxylic acids is 1. The summed E-state index contributed by atoms with van der Waals surface area (Å²) in [5.74, 6) is -1.18. The Balaban J connectivity index is 2.21. The van der Waals surface area contributed by atoms with Crippen LogP contribution in [0.3, 0.4) is 0 Å². The van der Waals surface area contributed by atoms with Gasteiger partial charge in [-0.1, -0.05) is 15.9 Å². The van der Waals surface area contributed by atoms with Gasteiger partial charge in [-0.15, -0.1) is 0 Å². The maximum absolute atomic E-state index is 11.7. The van der Waals surface area contributed by atoms with Crippen molar-refractivity contribution in [1.29, 1.82) is 0 Å². The minimum atomic E-state index is -0.978. The predicted octanol–water partition coefficient (Wildman–Crippen LogP) is 2.02. The zero-order valence-electron chi connectivity index (χ0n) is 8.76. The van der Waals surface area contributed by atoms with Gasteiger partial charge in [0.05, 0.1) is 24.2 Å². The Labute approximate surface area is 106 Å². The van der Waals surface area contributed by atoms with Gasteiger partial charge in [-0.05, 0) is 24.3 Å². The summed E-state index contributed by atoms with van der Waals surface area (Å²) < 4.78 is 0.905. The fourth-order valence-corrected chi connectivity index (χ4v) is 1.80. The summed E-state index contributed by atoms with van der Waals surface area (Å²) in [6, 6.07) is 7.09. The second kappa shape index (κ2) is 4.67. The number of amides is 1. The van der Waals surface area contributed by atoms with Gasteiger partial charge in [-0.3, -0.25) is 9.59 Å². The Kier molecular flexibility index (Phi) is 3.23. The average Bonchev–Trinajstić information content (AvgIpc) is 2.59. The zero-order valence-corrected chi connectivity index (χ0v) is 10.3. The van der Waals surface area contributed by atoms with Gasteiger partial charge in [-0.25, -0.2) is 5.01 Å². The van der Waals surface area contributed by atoms with Crippen LogP contribution in [-0.4, -0.2) is 22.7 Å². The summed E-state index contributed by atoms with van der Waals surface area (Å²) >= 11 is 3.30. The molecule has 6 heteroatoms. The van der Waals surface area contributed by atoms with E-state index in [1.165, 1.54) is 5.01 Å². The van der Waals surface area contributed by atoms with Crippen LogP contribution < -0.4 is 5.01 Å². The van der Waals surface area contributed by atoms with E-state index < -0.39 is 5.97 Å². The van der Waals surface area contributed by atoms with Gasteiger partial charge < -0.3 is 5.11 Å². The molecule has 0 aliphatic carbocycles. The second-order valence-corrected chi connectivity index (χ2v) is 4.51. The largest absolute Gasteiger partial charge is 0.481 e. The summed E-state index contributed by atoms with van der Waals surface area (Å²) in [6.45, 7) is 0. The number of carboxylic acid groups (broad SMARTS) is 1. The molecule has 0 fully saturated rings. The van der Waals surface area contributed by atoms with Gasteiger partial charge in [0.1, 0.15) is 0 Å². The fraction of sp³-hybridized carbons (Fsp3) is 0.182. The lowest BCUT2D eigenvalue weighted by Crippen LogP contribution is -2.19. The van der Waals surface area contributed by atoms with Crippen molar-refractivity contribution >= 4 is 39.2 Å². The number of rotatable bonds is 3. The molecular formula is C11H9BrN2O3. The van der Waals surface area contributed by atoms with Gasteiger partial charge in [-0.2, -0.15) is 5.10 Å². The molecule has 0 saturated carbocycles. The number of halogens is 1. The first-order chi connectivity index (χ1) is 8.06. The lowest BCUT2D eigenvalue weighted by Gasteiger charge is -2.11. The Hall–Kier alpha value is -1.69. The molecular weight excluding hydrogens is 288 g/mol. The van der Waals surface area contributed by atoms with E-state index in [2.05, 4.69) is 21.0 Å². The van der Waals surface area contributed by atoms with Crippen molar-refractivity contribution < 1.29 is 14.7 Å². The van der Waals surface area contributed by atoms with Gasteiger partial charge in [0, 0.05) is 4.47 Å². The van der Waals surface area contributed by atoms with Crippen LogP contribution in [0.4, 0.5) is 5.69 Å². The number of carbonyl (C=O) groups excluding carboxylic acids is 1. The fourth-order valence-electron chi connectivity index (χ4n) is 1.54. The third-order valence-corrected chi connectivity index (χ3v) is 2.79. The van der Waals surface area contributed by atoms with Gasteiger partial charge in [0.2, 0.25) is 0 Å². The molecule has 0 unspecified atom stereocenters. The topological polar surface area (TPSA) is 70.0 Å². The average molecular weight is 297 g/mol. The van der Waals surface area contributed by atoms with Crippen molar-refractivity contribution in [3.63, 3.8) is 0 Å². The Bertz CT molecular complexity index is 496. The molecule has 5 nitrogen and oxygen atoms in total. The highest BCUT2D eigenvalue weighted by atomic mass is 79.9. The van der Waals surface area contributed by atoms with Crippen LogP contribution in [0.2, 0.25) is 0 Å². The molecule has 0 spiro atoms. The third-order valence-electron chi connectivity index (χ3n) is 2.26. The molecule has 0 bridgehead atoms. The van der Waals surface area contributed by atoms with Crippen molar-refractivity contribution in [2.45, 2.75) is 12.8 Å². The maximum Gasteiger partial charge on any atom is 0.309 e. The highest BCUT2D eigenvalue weighted by Gasteiger charge is 2.26. The van der Waals surface area contributed by atoms with Crippen LogP contribution in [0.1, 0.15) is 12.8 Å². The number of aliphatic carboxylic acids is 1. The van der Waals surface area contributed by atoms with Crippen molar-refractivity contribution in [2.75, 3.05) is 5.01 Å². The lowest BCUT2D eigenvalue weighted by molar-refractivity contribution is -0.135. The summed E-state index contributed by atoms with van der Waals surface area (Å²) in [7, 11) is 0. The molecule has 1 aliphatic rings. The van der Waals surface area contributed by atoms with Crippen LogP contribution in [-0.2, 0) is 9.59 Å². The number of carbonyl (C=O) groups is 2. The van der Waals surface area contributed by atoms with Crippen LogP contribution >= 0.6 is 15.9 Å². The minimum absolute atomic E-state index is 0.0718. The molecule has 1 N–H and O–H groups in total. The predicted molar refractivity (Wildman–Crippen MR) is 65.9 cm³/mol. The summed E-state index contributed by atoms with van der Waals surface area (Å²) in [5, 5.41) is 13.9. The molecule has 0 saturated heterocycles. The molecule has 1 aromatic rings. The van der Waals surface area contributed by atoms with E-state index in [4.69, 9.17) is 5.11 Å². The van der Waals surface area contributed by atoms with E-state index in [0.717, 1.165) is 4.47 Å². The molecule has 1 aromatic carbocycles. The second-order valence-electron chi connectivity index (χ2n) is 3.60. The van der Waals surface area contributed by atoms with E-state index in [1.54, 1.807) is 24.3 Å². The smallest absolute Gasteiger partial charge is 0.309 e. The number of nitrogens with zero attached hydrogens (tertiary/aromatic N) is 2.